The number of benzene rings is 2. The van der Waals surface area contributed by atoms with Crippen molar-refractivity contribution < 1.29 is 8.78 Å². The minimum Gasteiger partial charge on any atom is -0.310 e. The second-order valence-electron chi connectivity index (χ2n) is 5.30. The van der Waals surface area contributed by atoms with Crippen LogP contribution in [0.15, 0.2) is 42.5 Å². The van der Waals surface area contributed by atoms with E-state index in [1.54, 1.807) is 0 Å². The molecule has 2 aromatic carbocycles. The normalized spacial score (nSPS) is 12.4. The highest BCUT2D eigenvalue weighted by Gasteiger charge is 2.15. The zero-order chi connectivity index (χ0) is 15.2. The van der Waals surface area contributed by atoms with Crippen molar-refractivity contribution >= 4 is 0 Å². The third-order valence-electron chi connectivity index (χ3n) is 3.59. The predicted octanol–water partition coefficient (Wildman–Crippen LogP) is 4.56. The van der Waals surface area contributed by atoms with Crippen LogP contribution in [0.5, 0.6) is 0 Å². The molecule has 0 aromatic heterocycles. The molecule has 1 nitrogen and oxygen atoms in total. The highest BCUT2D eigenvalue weighted by molar-refractivity contribution is 5.25. The molecule has 21 heavy (non-hydrogen) atoms. The van der Waals surface area contributed by atoms with E-state index in [1.807, 2.05) is 13.0 Å². The van der Waals surface area contributed by atoms with Gasteiger partial charge in [-0.1, -0.05) is 42.8 Å². The highest BCUT2D eigenvalue weighted by atomic mass is 19.1. The summed E-state index contributed by atoms with van der Waals surface area (Å²) in [6, 6.07) is 12.0. The van der Waals surface area contributed by atoms with Crippen LogP contribution in [-0.2, 0) is 6.42 Å². The Labute approximate surface area is 125 Å². The molecule has 2 aromatic rings. The lowest BCUT2D eigenvalue weighted by Crippen LogP contribution is -2.22. The number of halogens is 2. The Morgan fingerprint density at radius 1 is 1.10 bits per heavy atom. The second-order valence-corrected chi connectivity index (χ2v) is 5.30. The molecule has 0 saturated heterocycles. The molecular weight excluding hydrogens is 268 g/mol. The summed E-state index contributed by atoms with van der Waals surface area (Å²) >= 11 is 0. The first kappa shape index (κ1) is 15.6. The van der Waals surface area contributed by atoms with E-state index in [4.69, 9.17) is 0 Å². The van der Waals surface area contributed by atoms with Gasteiger partial charge >= 0.3 is 0 Å². The van der Waals surface area contributed by atoms with Crippen LogP contribution >= 0.6 is 0 Å². The molecule has 1 N–H and O–H groups in total. The number of nitrogens with one attached hydrogen (secondary N) is 1. The van der Waals surface area contributed by atoms with Crippen molar-refractivity contribution in [1.82, 2.24) is 5.32 Å². The summed E-state index contributed by atoms with van der Waals surface area (Å²) in [5.74, 6) is -1.02. The van der Waals surface area contributed by atoms with Gasteiger partial charge in [0.25, 0.3) is 0 Å². The van der Waals surface area contributed by atoms with Gasteiger partial charge < -0.3 is 5.32 Å². The van der Waals surface area contributed by atoms with Crippen LogP contribution < -0.4 is 5.32 Å². The minimum absolute atomic E-state index is 0.101. The van der Waals surface area contributed by atoms with Crippen molar-refractivity contribution in [2.45, 2.75) is 32.7 Å². The summed E-state index contributed by atoms with van der Waals surface area (Å²) in [4.78, 5) is 0. The van der Waals surface area contributed by atoms with E-state index in [1.165, 1.54) is 23.3 Å². The van der Waals surface area contributed by atoms with Gasteiger partial charge in [-0.05, 0) is 37.9 Å². The van der Waals surface area contributed by atoms with Crippen LogP contribution in [0.3, 0.4) is 0 Å². The van der Waals surface area contributed by atoms with Gasteiger partial charge in [0.2, 0.25) is 0 Å². The number of hydrogen-bond acceptors (Lipinski definition) is 1. The largest absolute Gasteiger partial charge is 0.310 e. The minimum atomic E-state index is -0.537. The van der Waals surface area contributed by atoms with E-state index < -0.39 is 11.6 Å². The highest BCUT2D eigenvalue weighted by Crippen LogP contribution is 2.23. The molecule has 0 amide bonds. The van der Waals surface area contributed by atoms with Crippen LogP contribution in [0.2, 0.25) is 0 Å². The molecule has 0 radical (unpaired) electrons. The first-order valence-electron chi connectivity index (χ1n) is 7.34. The summed E-state index contributed by atoms with van der Waals surface area (Å²) < 4.78 is 27.0. The van der Waals surface area contributed by atoms with Crippen LogP contribution in [-0.4, -0.2) is 6.54 Å². The SMILES string of the molecule is CCNC(CCc1cccc(C)c1)c1ccc(F)cc1F. The van der Waals surface area contributed by atoms with Gasteiger partial charge in [0.15, 0.2) is 0 Å². The van der Waals surface area contributed by atoms with Crippen LogP contribution in [0, 0.1) is 18.6 Å². The van der Waals surface area contributed by atoms with E-state index in [-0.39, 0.29) is 6.04 Å². The van der Waals surface area contributed by atoms with Gasteiger partial charge in [0.05, 0.1) is 0 Å². The Bertz CT molecular complexity index is 596. The molecule has 0 aliphatic carbocycles. The lowest BCUT2D eigenvalue weighted by atomic mass is 9.97. The smallest absolute Gasteiger partial charge is 0.130 e. The molecule has 0 bridgehead atoms. The van der Waals surface area contributed by atoms with Gasteiger partial charge in [-0.2, -0.15) is 0 Å². The van der Waals surface area contributed by atoms with E-state index in [2.05, 4.69) is 30.4 Å². The van der Waals surface area contributed by atoms with Crippen LogP contribution in [0.4, 0.5) is 8.78 Å². The fourth-order valence-corrected chi connectivity index (χ4v) is 2.58. The molecule has 1 unspecified atom stereocenters. The first-order chi connectivity index (χ1) is 10.1. The molecule has 1 atom stereocenters. The Morgan fingerprint density at radius 2 is 1.90 bits per heavy atom. The van der Waals surface area contributed by atoms with Gasteiger partial charge in [-0.25, -0.2) is 8.78 Å². The molecule has 0 saturated carbocycles. The summed E-state index contributed by atoms with van der Waals surface area (Å²) in [7, 11) is 0. The zero-order valence-electron chi connectivity index (χ0n) is 12.5. The number of rotatable bonds is 6. The van der Waals surface area contributed by atoms with Crippen molar-refractivity contribution in [2.75, 3.05) is 6.54 Å². The van der Waals surface area contributed by atoms with Gasteiger partial charge in [0, 0.05) is 17.7 Å². The van der Waals surface area contributed by atoms with Gasteiger partial charge in [0.1, 0.15) is 11.6 Å². The van der Waals surface area contributed by atoms with Crippen LogP contribution in [0.25, 0.3) is 0 Å². The summed E-state index contributed by atoms with van der Waals surface area (Å²) in [5, 5.41) is 3.28. The number of hydrogen-bond donors (Lipinski definition) is 1. The van der Waals surface area contributed by atoms with Crippen molar-refractivity contribution in [3.8, 4) is 0 Å². The Hall–Kier alpha value is -1.74. The second kappa shape index (κ2) is 7.32. The molecule has 0 fully saturated rings. The average Bonchev–Trinajstić information content (AvgIpc) is 2.44. The Morgan fingerprint density at radius 3 is 2.57 bits per heavy atom. The standard InChI is InChI=1S/C18H21F2N/c1-3-21-18(16-9-8-15(19)12-17(16)20)10-7-14-6-4-5-13(2)11-14/h4-6,8-9,11-12,18,21H,3,7,10H2,1-2H3. The zero-order valence-corrected chi connectivity index (χ0v) is 12.5. The van der Waals surface area contributed by atoms with E-state index in [0.717, 1.165) is 25.5 Å². The molecule has 2 rings (SSSR count). The molecule has 112 valence electrons. The summed E-state index contributed by atoms with van der Waals surface area (Å²) in [6.45, 7) is 4.79. The molecule has 0 aliphatic heterocycles. The third-order valence-corrected chi connectivity index (χ3v) is 3.59. The molecule has 3 heteroatoms. The first-order valence-corrected chi connectivity index (χ1v) is 7.34. The van der Waals surface area contributed by atoms with Crippen LogP contribution in [0.1, 0.15) is 36.1 Å². The topological polar surface area (TPSA) is 12.0 Å². The fraction of sp³-hybridized carbons (Fsp3) is 0.333. The average molecular weight is 289 g/mol. The molecule has 0 heterocycles. The van der Waals surface area contributed by atoms with Crippen molar-refractivity contribution in [1.29, 1.82) is 0 Å². The van der Waals surface area contributed by atoms with E-state index in [0.29, 0.717) is 5.56 Å². The Kier molecular flexibility index (Phi) is 5.45. The maximum atomic E-state index is 13.9. The number of aryl methyl sites for hydroxylation is 2. The van der Waals surface area contributed by atoms with Crippen molar-refractivity contribution in [2.24, 2.45) is 0 Å². The quantitative estimate of drug-likeness (QED) is 0.822. The summed E-state index contributed by atoms with van der Waals surface area (Å²) in [6.07, 6.45) is 1.63. The maximum Gasteiger partial charge on any atom is 0.130 e. The third kappa shape index (κ3) is 4.36. The van der Waals surface area contributed by atoms with Crippen molar-refractivity contribution in [3.05, 3.63) is 70.8 Å². The summed E-state index contributed by atoms with van der Waals surface area (Å²) in [5.41, 5.74) is 2.99. The van der Waals surface area contributed by atoms with Crippen molar-refractivity contribution in [3.63, 3.8) is 0 Å². The fourth-order valence-electron chi connectivity index (χ4n) is 2.58. The monoisotopic (exact) mass is 289 g/mol. The van der Waals surface area contributed by atoms with E-state index in [9.17, 15) is 8.78 Å². The van der Waals surface area contributed by atoms with Gasteiger partial charge in [-0.3, -0.25) is 0 Å². The molecule has 0 aliphatic rings. The molecule has 0 spiro atoms. The lowest BCUT2D eigenvalue weighted by Gasteiger charge is -2.19. The van der Waals surface area contributed by atoms with E-state index >= 15 is 0 Å². The van der Waals surface area contributed by atoms with Gasteiger partial charge in [-0.15, -0.1) is 0 Å². The Balaban J connectivity index is 2.12. The predicted molar refractivity (Wildman–Crippen MR) is 82.3 cm³/mol. The maximum absolute atomic E-state index is 13.9. The lowest BCUT2D eigenvalue weighted by molar-refractivity contribution is 0.480. The molecular formula is C18H21F2N.